The van der Waals surface area contributed by atoms with Crippen LogP contribution >= 0.6 is 11.8 Å². The second kappa shape index (κ2) is 5.30. The lowest BCUT2D eigenvalue weighted by molar-refractivity contribution is -0.121. The van der Waals surface area contributed by atoms with Crippen LogP contribution in [0.1, 0.15) is 26.3 Å². The Kier molecular flexibility index (Phi) is 4.30. The summed E-state index contributed by atoms with van der Waals surface area (Å²) in [6.45, 7) is 5.38. The zero-order valence-electron chi connectivity index (χ0n) is 10.2. The number of nitrogens with zero attached hydrogens (tertiary/aromatic N) is 1. The molecule has 0 heterocycles. The van der Waals surface area contributed by atoms with Gasteiger partial charge in [-0.25, -0.2) is 0 Å². The van der Waals surface area contributed by atoms with Crippen molar-refractivity contribution in [1.29, 1.82) is 0 Å². The molecule has 0 bridgehead atoms. The monoisotopic (exact) mass is 235 g/mol. The summed E-state index contributed by atoms with van der Waals surface area (Å²) >= 11 is 1.56. The Morgan fingerprint density at radius 3 is 2.25 bits per heavy atom. The molecular weight excluding hydrogens is 218 g/mol. The molecule has 0 spiro atoms. The molecule has 0 saturated carbocycles. The van der Waals surface area contributed by atoms with Gasteiger partial charge in [-0.2, -0.15) is 0 Å². The molecule has 1 rings (SSSR count). The third-order valence-corrected chi connectivity index (χ3v) is 3.38. The van der Waals surface area contributed by atoms with Crippen molar-refractivity contribution >= 4 is 22.6 Å². The predicted molar refractivity (Wildman–Crippen MR) is 71.1 cm³/mol. The lowest BCUT2D eigenvalue weighted by Gasteiger charge is -2.23. The van der Waals surface area contributed by atoms with Gasteiger partial charge in [0.05, 0.1) is 5.04 Å². The number of hydrogen-bond donors (Lipinski definition) is 0. The van der Waals surface area contributed by atoms with E-state index in [2.05, 4.69) is 4.99 Å². The van der Waals surface area contributed by atoms with Crippen LogP contribution in [-0.2, 0) is 10.3 Å². The maximum atomic E-state index is 11.8. The molecule has 0 amide bonds. The third-order valence-electron chi connectivity index (χ3n) is 2.70. The smallest absolute Gasteiger partial charge is 0.161 e. The molecule has 0 aliphatic carbocycles. The molecule has 0 aliphatic rings. The number of carbonyl (C=O) groups excluding carboxylic acids is 1. The van der Waals surface area contributed by atoms with Gasteiger partial charge in [-0.1, -0.05) is 30.3 Å². The minimum Gasteiger partial charge on any atom is -0.297 e. The number of rotatable bonds is 3. The number of ketones is 1. The highest BCUT2D eigenvalue weighted by molar-refractivity contribution is 8.13. The minimum atomic E-state index is -0.756. The zero-order chi connectivity index (χ0) is 12.2. The van der Waals surface area contributed by atoms with Crippen LogP contribution in [0.4, 0.5) is 0 Å². The van der Waals surface area contributed by atoms with Crippen LogP contribution in [0.3, 0.4) is 0 Å². The molecule has 1 aromatic carbocycles. The van der Waals surface area contributed by atoms with E-state index < -0.39 is 5.54 Å². The Bertz CT molecular complexity index is 400. The third kappa shape index (κ3) is 2.73. The number of thioether (sulfide) groups is 1. The first-order chi connectivity index (χ1) is 7.50. The van der Waals surface area contributed by atoms with Gasteiger partial charge in [-0.05, 0) is 32.6 Å². The summed E-state index contributed by atoms with van der Waals surface area (Å²) in [5.74, 6) is 0.0621. The Hall–Kier alpha value is -1.09. The highest BCUT2D eigenvalue weighted by Gasteiger charge is 2.31. The van der Waals surface area contributed by atoms with Gasteiger partial charge in [0.15, 0.2) is 5.78 Å². The molecule has 0 aromatic heterocycles. The number of hydrogen-bond acceptors (Lipinski definition) is 3. The van der Waals surface area contributed by atoms with E-state index in [-0.39, 0.29) is 5.78 Å². The van der Waals surface area contributed by atoms with Crippen molar-refractivity contribution in [1.82, 2.24) is 0 Å². The molecule has 0 saturated heterocycles. The largest absolute Gasteiger partial charge is 0.297 e. The summed E-state index contributed by atoms with van der Waals surface area (Å²) in [6, 6.07) is 9.69. The van der Waals surface area contributed by atoms with Gasteiger partial charge in [0.25, 0.3) is 0 Å². The molecule has 1 unspecified atom stereocenters. The number of aliphatic imine (C=N–C) groups is 1. The average Bonchev–Trinajstić information content (AvgIpc) is 2.29. The van der Waals surface area contributed by atoms with Gasteiger partial charge < -0.3 is 0 Å². The SMILES string of the molecule is CSC(C)=NC(C)(C(C)=O)c1ccccc1. The molecule has 2 nitrogen and oxygen atoms in total. The summed E-state index contributed by atoms with van der Waals surface area (Å²) in [4.78, 5) is 16.3. The normalized spacial score (nSPS) is 15.6. The molecule has 86 valence electrons. The predicted octanol–water partition coefficient (Wildman–Crippen LogP) is 3.27. The van der Waals surface area contributed by atoms with Gasteiger partial charge in [0, 0.05) is 0 Å². The molecular formula is C13H17NOS. The van der Waals surface area contributed by atoms with Crippen molar-refractivity contribution in [2.45, 2.75) is 26.3 Å². The molecule has 3 heteroatoms. The Morgan fingerprint density at radius 1 is 1.25 bits per heavy atom. The van der Waals surface area contributed by atoms with E-state index in [9.17, 15) is 4.79 Å². The lowest BCUT2D eigenvalue weighted by Crippen LogP contribution is -2.29. The Morgan fingerprint density at radius 2 is 1.81 bits per heavy atom. The van der Waals surface area contributed by atoms with E-state index in [0.29, 0.717) is 0 Å². The standard InChI is InChI=1S/C13H17NOS/c1-10(15)13(3,14-11(2)16-4)12-8-6-5-7-9-12/h5-9H,1-4H3. The first-order valence-corrected chi connectivity index (χ1v) is 6.40. The molecule has 16 heavy (non-hydrogen) atoms. The highest BCUT2D eigenvalue weighted by atomic mass is 32.2. The first-order valence-electron chi connectivity index (χ1n) is 5.17. The summed E-state index contributed by atoms with van der Waals surface area (Å²) in [5, 5.41) is 0.918. The van der Waals surface area contributed by atoms with Crippen molar-refractivity contribution in [3.63, 3.8) is 0 Å². The second-order valence-electron chi connectivity index (χ2n) is 3.83. The van der Waals surface area contributed by atoms with Crippen LogP contribution in [0, 0.1) is 0 Å². The van der Waals surface area contributed by atoms with Crippen molar-refractivity contribution in [2.75, 3.05) is 6.26 Å². The van der Waals surface area contributed by atoms with E-state index in [4.69, 9.17) is 0 Å². The fourth-order valence-corrected chi connectivity index (χ4v) is 1.74. The molecule has 1 atom stereocenters. The van der Waals surface area contributed by atoms with Crippen LogP contribution in [0.2, 0.25) is 0 Å². The first kappa shape index (κ1) is 13.0. The van der Waals surface area contributed by atoms with Gasteiger partial charge >= 0.3 is 0 Å². The Balaban J connectivity index is 3.23. The van der Waals surface area contributed by atoms with Gasteiger partial charge in [0.1, 0.15) is 5.54 Å². The maximum Gasteiger partial charge on any atom is 0.161 e. The topological polar surface area (TPSA) is 29.4 Å². The summed E-state index contributed by atoms with van der Waals surface area (Å²) in [7, 11) is 0. The maximum absolute atomic E-state index is 11.8. The van der Waals surface area contributed by atoms with E-state index in [1.807, 2.05) is 50.4 Å². The fourth-order valence-electron chi connectivity index (χ4n) is 1.47. The number of Topliss-reactive ketones (excluding diaryl/α,β-unsaturated/α-hetero) is 1. The van der Waals surface area contributed by atoms with Crippen LogP contribution < -0.4 is 0 Å². The lowest BCUT2D eigenvalue weighted by atomic mass is 9.89. The molecule has 0 radical (unpaired) electrons. The summed E-state index contributed by atoms with van der Waals surface area (Å²) in [6.07, 6.45) is 1.96. The number of benzene rings is 1. The van der Waals surface area contributed by atoms with Gasteiger partial charge in [-0.3, -0.25) is 9.79 Å². The second-order valence-corrected chi connectivity index (χ2v) is 4.83. The summed E-state index contributed by atoms with van der Waals surface area (Å²) in [5.41, 5.74) is 0.185. The van der Waals surface area contributed by atoms with E-state index >= 15 is 0 Å². The van der Waals surface area contributed by atoms with Crippen molar-refractivity contribution in [2.24, 2.45) is 4.99 Å². The highest BCUT2D eigenvalue weighted by Crippen LogP contribution is 2.27. The molecule has 1 aromatic rings. The van der Waals surface area contributed by atoms with Crippen LogP contribution in [0.25, 0.3) is 0 Å². The zero-order valence-corrected chi connectivity index (χ0v) is 11.0. The molecule has 0 fully saturated rings. The van der Waals surface area contributed by atoms with Gasteiger partial charge in [-0.15, -0.1) is 11.8 Å². The van der Waals surface area contributed by atoms with Crippen LogP contribution in [0.15, 0.2) is 35.3 Å². The van der Waals surface area contributed by atoms with E-state index in [0.717, 1.165) is 10.6 Å². The molecule has 0 aliphatic heterocycles. The van der Waals surface area contributed by atoms with Gasteiger partial charge in [0.2, 0.25) is 0 Å². The van der Waals surface area contributed by atoms with Crippen molar-refractivity contribution < 1.29 is 4.79 Å². The molecule has 0 N–H and O–H groups in total. The summed E-state index contributed by atoms with van der Waals surface area (Å²) < 4.78 is 0. The minimum absolute atomic E-state index is 0.0621. The van der Waals surface area contributed by atoms with Crippen molar-refractivity contribution in [3.8, 4) is 0 Å². The average molecular weight is 235 g/mol. The van der Waals surface area contributed by atoms with E-state index in [1.54, 1.807) is 18.7 Å². The Labute approximate surface area is 101 Å². The number of carbonyl (C=O) groups is 1. The van der Waals surface area contributed by atoms with Crippen molar-refractivity contribution in [3.05, 3.63) is 35.9 Å². The van der Waals surface area contributed by atoms with Crippen LogP contribution in [0.5, 0.6) is 0 Å². The van der Waals surface area contributed by atoms with E-state index in [1.165, 1.54) is 0 Å². The fraction of sp³-hybridized carbons (Fsp3) is 0.385. The quantitative estimate of drug-likeness (QED) is 0.594. The van der Waals surface area contributed by atoms with Crippen LogP contribution in [-0.4, -0.2) is 17.1 Å².